The van der Waals surface area contributed by atoms with Gasteiger partial charge in [0.1, 0.15) is 11.1 Å². The predicted molar refractivity (Wildman–Crippen MR) is 97.4 cm³/mol. The number of alkyl halides is 1. The molecule has 0 saturated carbocycles. The number of benzene rings is 1. The molecule has 0 spiro atoms. The Bertz CT molecular complexity index is 804. The number of carbonyl (C=O) groups excluding carboxylic acids is 1. The van der Waals surface area contributed by atoms with Crippen LogP contribution in [0.1, 0.15) is 35.6 Å². The Labute approximate surface area is 156 Å². The molecule has 0 fully saturated rings. The molecule has 6 nitrogen and oxygen atoms in total. The minimum Gasteiger partial charge on any atom is -0.267 e. The van der Waals surface area contributed by atoms with Crippen molar-refractivity contribution in [2.45, 2.75) is 19.7 Å². The molecule has 25 heavy (non-hydrogen) atoms. The number of anilines is 1. The summed E-state index contributed by atoms with van der Waals surface area (Å²) in [7, 11) is 0. The number of amides is 1. The molecule has 1 aromatic heterocycles. The van der Waals surface area contributed by atoms with Crippen molar-refractivity contribution in [1.82, 2.24) is 15.4 Å². The molecule has 0 aliphatic heterocycles. The van der Waals surface area contributed by atoms with Gasteiger partial charge < -0.3 is 0 Å². The molecule has 1 heterocycles. The Morgan fingerprint density at radius 1 is 1.44 bits per heavy atom. The zero-order valence-corrected chi connectivity index (χ0v) is 15.3. The fourth-order valence-electron chi connectivity index (χ4n) is 2.13. The van der Waals surface area contributed by atoms with E-state index in [1.807, 2.05) is 26.0 Å². The van der Waals surface area contributed by atoms with Gasteiger partial charge in [-0.2, -0.15) is 10.2 Å². The molecule has 2 aromatic rings. The average molecular weight is 378 g/mol. The molecule has 1 amide bonds. The van der Waals surface area contributed by atoms with Gasteiger partial charge in [0.05, 0.1) is 6.20 Å². The van der Waals surface area contributed by atoms with Gasteiger partial charge in [-0.1, -0.05) is 37.6 Å². The molecule has 1 N–H and O–H groups in total. The summed E-state index contributed by atoms with van der Waals surface area (Å²) in [6.07, 6.45) is 1.34. The Morgan fingerprint density at radius 2 is 2.20 bits per heavy atom. The quantitative estimate of drug-likeness (QED) is 0.614. The van der Waals surface area contributed by atoms with Gasteiger partial charge in [0.25, 0.3) is 5.91 Å². The van der Waals surface area contributed by atoms with E-state index < -0.39 is 0 Å². The number of hydrogen-bond donors (Lipinski definition) is 1. The summed E-state index contributed by atoms with van der Waals surface area (Å²) in [4.78, 5) is 20.5. The summed E-state index contributed by atoms with van der Waals surface area (Å²) in [5, 5.41) is 10.8. The van der Waals surface area contributed by atoms with Crippen molar-refractivity contribution in [1.29, 1.82) is 5.26 Å². The Balaban J connectivity index is 2.32. The third kappa shape index (κ3) is 5.05. The Hall–Kier alpha value is -2.36. The Morgan fingerprint density at radius 3 is 2.84 bits per heavy atom. The molecule has 0 bridgehead atoms. The van der Waals surface area contributed by atoms with Crippen LogP contribution in [0.5, 0.6) is 0 Å². The highest BCUT2D eigenvalue weighted by Crippen LogP contribution is 2.22. The molecule has 0 aliphatic rings. The molecular weight excluding hydrogens is 361 g/mol. The minimum absolute atomic E-state index is 0.0217. The minimum atomic E-state index is -0.319. The maximum Gasteiger partial charge on any atom is 0.269 e. The van der Waals surface area contributed by atoms with Crippen molar-refractivity contribution in [2.24, 2.45) is 5.92 Å². The molecule has 8 heteroatoms. The van der Waals surface area contributed by atoms with Crippen LogP contribution in [-0.4, -0.2) is 22.4 Å². The van der Waals surface area contributed by atoms with Crippen molar-refractivity contribution in [3.05, 3.63) is 52.4 Å². The van der Waals surface area contributed by atoms with Crippen molar-refractivity contribution >= 4 is 34.9 Å². The summed E-state index contributed by atoms with van der Waals surface area (Å²) in [5.74, 6) is 0.474. The lowest BCUT2D eigenvalue weighted by Crippen LogP contribution is -2.45. The van der Waals surface area contributed by atoms with E-state index in [4.69, 9.17) is 28.5 Å². The predicted octanol–water partition coefficient (Wildman–Crippen LogP) is 3.55. The summed E-state index contributed by atoms with van der Waals surface area (Å²) < 4.78 is 0. The van der Waals surface area contributed by atoms with Gasteiger partial charge in [-0.3, -0.25) is 15.2 Å². The van der Waals surface area contributed by atoms with Crippen LogP contribution in [0, 0.1) is 17.2 Å². The molecule has 0 unspecified atom stereocenters. The number of nitrogens with one attached hydrogen (secondary N) is 1. The SMILES string of the molecule is CC(C)CN(NC(=O)c1cccc(CCl)c1)c1nc(C#N)ncc1Cl. The standard InChI is InChI=1S/C17H17Cl2N5O/c1-11(2)10-24(16-14(19)9-21-15(8-20)22-16)23-17(25)13-5-3-4-12(6-13)7-18/h3-6,9,11H,7,10H2,1-2H3,(H,23,25). The summed E-state index contributed by atoms with van der Waals surface area (Å²) in [6, 6.07) is 8.90. The van der Waals surface area contributed by atoms with Gasteiger partial charge in [-0.15, -0.1) is 11.6 Å². The highest BCUT2D eigenvalue weighted by atomic mass is 35.5. The highest BCUT2D eigenvalue weighted by Gasteiger charge is 2.18. The number of nitrogens with zero attached hydrogens (tertiary/aromatic N) is 4. The lowest BCUT2D eigenvalue weighted by molar-refractivity contribution is 0.0947. The van der Waals surface area contributed by atoms with Crippen LogP contribution in [0.15, 0.2) is 30.5 Å². The first-order valence-corrected chi connectivity index (χ1v) is 8.52. The van der Waals surface area contributed by atoms with Crippen LogP contribution in [0.25, 0.3) is 0 Å². The maximum absolute atomic E-state index is 12.6. The topological polar surface area (TPSA) is 81.9 Å². The van der Waals surface area contributed by atoms with Gasteiger partial charge >= 0.3 is 0 Å². The van der Waals surface area contributed by atoms with E-state index >= 15 is 0 Å². The monoisotopic (exact) mass is 377 g/mol. The first-order chi connectivity index (χ1) is 11.9. The van der Waals surface area contributed by atoms with Crippen LogP contribution in [0.4, 0.5) is 5.82 Å². The van der Waals surface area contributed by atoms with E-state index in [1.54, 1.807) is 18.2 Å². The number of hydrogen-bond acceptors (Lipinski definition) is 5. The smallest absolute Gasteiger partial charge is 0.267 e. The largest absolute Gasteiger partial charge is 0.269 e. The second-order valence-electron chi connectivity index (χ2n) is 5.76. The zero-order valence-electron chi connectivity index (χ0n) is 13.8. The van der Waals surface area contributed by atoms with Crippen molar-refractivity contribution in [2.75, 3.05) is 11.6 Å². The summed E-state index contributed by atoms with van der Waals surface area (Å²) >= 11 is 12.0. The lowest BCUT2D eigenvalue weighted by atomic mass is 10.1. The molecule has 0 atom stereocenters. The van der Waals surface area contributed by atoms with E-state index in [0.29, 0.717) is 18.0 Å². The number of rotatable bonds is 6. The molecule has 1 aromatic carbocycles. The fourth-order valence-corrected chi connectivity index (χ4v) is 2.49. The first-order valence-electron chi connectivity index (χ1n) is 7.60. The van der Waals surface area contributed by atoms with Gasteiger partial charge in [0.15, 0.2) is 5.82 Å². The zero-order chi connectivity index (χ0) is 18.4. The molecular formula is C17H17Cl2N5O. The van der Waals surface area contributed by atoms with Gasteiger partial charge in [0.2, 0.25) is 5.82 Å². The van der Waals surface area contributed by atoms with E-state index in [-0.39, 0.29) is 28.5 Å². The summed E-state index contributed by atoms with van der Waals surface area (Å²) in [5.41, 5.74) is 4.11. The molecule has 0 saturated heterocycles. The van der Waals surface area contributed by atoms with Crippen LogP contribution in [0.2, 0.25) is 5.02 Å². The number of carbonyl (C=O) groups is 1. The molecule has 0 radical (unpaired) electrons. The fraction of sp³-hybridized carbons (Fsp3) is 0.294. The van der Waals surface area contributed by atoms with Crippen molar-refractivity contribution < 1.29 is 4.79 Å². The lowest BCUT2D eigenvalue weighted by Gasteiger charge is -2.26. The van der Waals surface area contributed by atoms with Crippen molar-refractivity contribution in [3.63, 3.8) is 0 Å². The number of aromatic nitrogens is 2. The van der Waals surface area contributed by atoms with Crippen LogP contribution < -0.4 is 10.4 Å². The van der Waals surface area contributed by atoms with E-state index in [1.165, 1.54) is 11.2 Å². The second kappa shape index (κ2) is 8.65. The third-order valence-corrected chi connectivity index (χ3v) is 3.78. The van der Waals surface area contributed by atoms with Gasteiger partial charge in [-0.05, 0) is 23.6 Å². The maximum atomic E-state index is 12.6. The number of hydrazine groups is 1. The van der Waals surface area contributed by atoms with Crippen LogP contribution in [-0.2, 0) is 5.88 Å². The molecule has 2 rings (SSSR count). The van der Waals surface area contributed by atoms with E-state index in [2.05, 4.69) is 15.4 Å². The van der Waals surface area contributed by atoms with Crippen LogP contribution in [0.3, 0.4) is 0 Å². The normalized spacial score (nSPS) is 10.4. The molecule has 0 aliphatic carbocycles. The Kier molecular flexibility index (Phi) is 6.57. The second-order valence-corrected chi connectivity index (χ2v) is 6.43. The first kappa shape index (κ1) is 19.0. The number of nitriles is 1. The third-order valence-electron chi connectivity index (χ3n) is 3.21. The van der Waals surface area contributed by atoms with Gasteiger partial charge in [0, 0.05) is 18.0 Å². The average Bonchev–Trinajstić information content (AvgIpc) is 2.61. The van der Waals surface area contributed by atoms with E-state index in [9.17, 15) is 4.79 Å². The highest BCUT2D eigenvalue weighted by molar-refractivity contribution is 6.32. The molecule has 130 valence electrons. The van der Waals surface area contributed by atoms with Crippen LogP contribution >= 0.6 is 23.2 Å². The number of halogens is 2. The van der Waals surface area contributed by atoms with E-state index in [0.717, 1.165) is 5.56 Å². The van der Waals surface area contributed by atoms with Crippen molar-refractivity contribution in [3.8, 4) is 6.07 Å². The summed E-state index contributed by atoms with van der Waals surface area (Å²) in [6.45, 7) is 4.45. The van der Waals surface area contributed by atoms with Gasteiger partial charge in [-0.25, -0.2) is 4.98 Å².